The molecule has 2 rings (SSSR count). The molecule has 0 spiro atoms. The Morgan fingerprint density at radius 2 is 2.24 bits per heavy atom. The summed E-state index contributed by atoms with van der Waals surface area (Å²) in [7, 11) is 3.28. The van der Waals surface area contributed by atoms with Crippen molar-refractivity contribution in [3.63, 3.8) is 0 Å². The third-order valence-corrected chi connectivity index (χ3v) is 3.07. The Kier molecular flexibility index (Phi) is 3.86. The third-order valence-electron chi connectivity index (χ3n) is 3.07. The van der Waals surface area contributed by atoms with Gasteiger partial charge in [-0.3, -0.25) is 0 Å². The zero-order valence-corrected chi connectivity index (χ0v) is 10.3. The highest BCUT2D eigenvalue weighted by molar-refractivity contribution is 5.60. The number of anilines is 1. The van der Waals surface area contributed by atoms with E-state index in [9.17, 15) is 5.11 Å². The summed E-state index contributed by atoms with van der Waals surface area (Å²) < 4.78 is 10.1. The quantitative estimate of drug-likeness (QED) is 0.831. The molecule has 4 heteroatoms. The zero-order valence-electron chi connectivity index (χ0n) is 10.3. The van der Waals surface area contributed by atoms with Gasteiger partial charge in [0, 0.05) is 25.9 Å². The molecule has 1 aromatic carbocycles. The molecule has 0 unspecified atom stereocenters. The van der Waals surface area contributed by atoms with Gasteiger partial charge in [-0.2, -0.15) is 0 Å². The van der Waals surface area contributed by atoms with E-state index in [1.165, 1.54) is 11.3 Å². The first-order chi connectivity index (χ1) is 8.24. The van der Waals surface area contributed by atoms with Crippen LogP contribution in [0.2, 0.25) is 0 Å². The number of rotatable bonds is 5. The molecule has 0 amide bonds. The molecule has 1 aliphatic heterocycles. The second-order valence-corrected chi connectivity index (χ2v) is 4.30. The molecule has 0 aromatic heterocycles. The Labute approximate surface area is 102 Å². The summed E-state index contributed by atoms with van der Waals surface area (Å²) in [5.74, 6) is 0.892. The van der Waals surface area contributed by atoms with E-state index in [0.717, 1.165) is 18.7 Å². The van der Waals surface area contributed by atoms with Gasteiger partial charge in [-0.25, -0.2) is 0 Å². The van der Waals surface area contributed by atoms with Gasteiger partial charge in [-0.05, 0) is 30.2 Å². The van der Waals surface area contributed by atoms with Gasteiger partial charge in [0.05, 0.1) is 19.8 Å². The molecule has 0 saturated heterocycles. The van der Waals surface area contributed by atoms with Gasteiger partial charge in [0.25, 0.3) is 0 Å². The van der Waals surface area contributed by atoms with Crippen LogP contribution in [-0.4, -0.2) is 45.1 Å². The molecule has 0 bridgehead atoms. The molecular weight excluding hydrogens is 218 g/mol. The maximum Gasteiger partial charge on any atom is 0.119 e. The molecule has 1 aromatic rings. The Morgan fingerprint density at radius 1 is 1.41 bits per heavy atom. The highest BCUT2D eigenvalue weighted by Gasteiger charge is 2.21. The number of ether oxygens (including phenoxy) is 2. The Balaban J connectivity index is 2.06. The third kappa shape index (κ3) is 2.70. The monoisotopic (exact) mass is 237 g/mol. The highest BCUT2D eigenvalue weighted by atomic mass is 16.5. The van der Waals surface area contributed by atoms with E-state index in [-0.39, 0.29) is 0 Å². The van der Waals surface area contributed by atoms with Gasteiger partial charge in [-0.1, -0.05) is 0 Å². The molecule has 0 fully saturated rings. The SMILES string of the molecule is COC[C@@H](O)CN1CCc2cc(OC)ccc21. The molecule has 17 heavy (non-hydrogen) atoms. The molecule has 0 radical (unpaired) electrons. The van der Waals surface area contributed by atoms with Crippen LogP contribution in [-0.2, 0) is 11.2 Å². The molecule has 0 saturated carbocycles. The summed E-state index contributed by atoms with van der Waals surface area (Å²) >= 11 is 0. The standard InChI is InChI=1S/C13H19NO3/c1-16-9-11(15)8-14-6-5-10-7-12(17-2)3-4-13(10)14/h3-4,7,11,15H,5-6,8-9H2,1-2H3/t11-/m0/s1. The van der Waals surface area contributed by atoms with E-state index in [2.05, 4.69) is 17.0 Å². The number of hydrogen-bond acceptors (Lipinski definition) is 4. The molecule has 4 nitrogen and oxygen atoms in total. The zero-order chi connectivity index (χ0) is 12.3. The smallest absolute Gasteiger partial charge is 0.119 e. The first-order valence-electron chi connectivity index (χ1n) is 5.83. The number of β-amino-alcohol motifs (C(OH)–C–C–N with tert-alkyl or cyclic N) is 1. The van der Waals surface area contributed by atoms with Crippen molar-refractivity contribution < 1.29 is 14.6 Å². The lowest BCUT2D eigenvalue weighted by Gasteiger charge is -2.22. The van der Waals surface area contributed by atoms with Crippen LogP contribution in [0, 0.1) is 0 Å². The Hall–Kier alpha value is -1.26. The van der Waals surface area contributed by atoms with Crippen LogP contribution in [0.3, 0.4) is 0 Å². The number of hydrogen-bond donors (Lipinski definition) is 1. The van der Waals surface area contributed by atoms with Crippen molar-refractivity contribution in [3.05, 3.63) is 23.8 Å². The number of fused-ring (bicyclic) bond motifs is 1. The summed E-state index contributed by atoms with van der Waals surface area (Å²) in [6.07, 6.45) is 0.569. The molecule has 1 atom stereocenters. The van der Waals surface area contributed by atoms with Gasteiger partial charge in [0.2, 0.25) is 0 Å². The first kappa shape index (κ1) is 12.2. The van der Waals surface area contributed by atoms with Crippen molar-refractivity contribution in [3.8, 4) is 5.75 Å². The summed E-state index contributed by atoms with van der Waals surface area (Å²) in [5.41, 5.74) is 2.48. The van der Waals surface area contributed by atoms with Crippen LogP contribution in [0.15, 0.2) is 18.2 Å². The van der Waals surface area contributed by atoms with Gasteiger partial charge in [0.15, 0.2) is 0 Å². The average Bonchev–Trinajstić information content (AvgIpc) is 2.72. The molecule has 1 aliphatic rings. The second kappa shape index (κ2) is 5.38. The van der Waals surface area contributed by atoms with Crippen LogP contribution >= 0.6 is 0 Å². The van der Waals surface area contributed by atoms with Crippen LogP contribution < -0.4 is 9.64 Å². The van der Waals surface area contributed by atoms with Crippen LogP contribution in [0.5, 0.6) is 5.75 Å². The first-order valence-corrected chi connectivity index (χ1v) is 5.83. The van der Waals surface area contributed by atoms with Gasteiger partial charge in [0.1, 0.15) is 5.75 Å². The lowest BCUT2D eigenvalue weighted by molar-refractivity contribution is 0.0691. The fraction of sp³-hybridized carbons (Fsp3) is 0.538. The molecule has 94 valence electrons. The van der Waals surface area contributed by atoms with Gasteiger partial charge in [-0.15, -0.1) is 0 Å². The lowest BCUT2D eigenvalue weighted by atomic mass is 10.1. The predicted octanol–water partition coefficient (Wildman–Crippen LogP) is 1.06. The summed E-state index contributed by atoms with van der Waals surface area (Å²) in [6.45, 7) is 1.94. The molecule has 0 aliphatic carbocycles. The number of methoxy groups -OCH3 is 2. The van der Waals surface area contributed by atoms with Crippen molar-refractivity contribution in [2.45, 2.75) is 12.5 Å². The number of nitrogens with zero attached hydrogens (tertiary/aromatic N) is 1. The van der Waals surface area contributed by atoms with Crippen molar-refractivity contribution in [1.82, 2.24) is 0 Å². The minimum absolute atomic E-state index is 0.377. The van der Waals surface area contributed by atoms with E-state index in [4.69, 9.17) is 9.47 Å². The van der Waals surface area contributed by atoms with Crippen molar-refractivity contribution >= 4 is 5.69 Å². The summed E-state index contributed by atoms with van der Waals surface area (Å²) in [6, 6.07) is 6.08. The van der Waals surface area contributed by atoms with Crippen molar-refractivity contribution in [1.29, 1.82) is 0 Å². The minimum Gasteiger partial charge on any atom is -0.497 e. The molecular formula is C13H19NO3. The fourth-order valence-electron chi connectivity index (χ4n) is 2.26. The Morgan fingerprint density at radius 3 is 2.94 bits per heavy atom. The predicted molar refractivity (Wildman–Crippen MR) is 66.8 cm³/mol. The molecule has 1 N–H and O–H groups in total. The van der Waals surface area contributed by atoms with E-state index >= 15 is 0 Å². The maximum atomic E-state index is 9.74. The van der Waals surface area contributed by atoms with Crippen LogP contribution in [0.25, 0.3) is 0 Å². The topological polar surface area (TPSA) is 41.9 Å². The van der Waals surface area contributed by atoms with Crippen LogP contribution in [0.1, 0.15) is 5.56 Å². The van der Waals surface area contributed by atoms with Crippen molar-refractivity contribution in [2.24, 2.45) is 0 Å². The summed E-state index contributed by atoms with van der Waals surface area (Å²) in [5, 5.41) is 9.74. The van der Waals surface area contributed by atoms with Crippen molar-refractivity contribution in [2.75, 3.05) is 38.8 Å². The van der Waals surface area contributed by atoms with E-state index in [1.54, 1.807) is 14.2 Å². The highest BCUT2D eigenvalue weighted by Crippen LogP contribution is 2.31. The van der Waals surface area contributed by atoms with Crippen LogP contribution in [0.4, 0.5) is 5.69 Å². The molecule has 1 heterocycles. The second-order valence-electron chi connectivity index (χ2n) is 4.30. The van der Waals surface area contributed by atoms with Gasteiger partial charge < -0.3 is 19.5 Å². The fourth-order valence-corrected chi connectivity index (χ4v) is 2.26. The number of benzene rings is 1. The average molecular weight is 237 g/mol. The number of aliphatic hydroxyl groups excluding tert-OH is 1. The van der Waals surface area contributed by atoms with Gasteiger partial charge >= 0.3 is 0 Å². The maximum absolute atomic E-state index is 9.74. The Bertz CT molecular complexity index is 381. The van der Waals surface area contributed by atoms with E-state index in [0.29, 0.717) is 13.2 Å². The summed E-state index contributed by atoms with van der Waals surface area (Å²) in [4.78, 5) is 2.19. The largest absolute Gasteiger partial charge is 0.497 e. The van der Waals surface area contributed by atoms with E-state index < -0.39 is 6.10 Å². The van der Waals surface area contributed by atoms with E-state index in [1.807, 2.05) is 6.07 Å². The lowest BCUT2D eigenvalue weighted by Crippen LogP contribution is -2.33. The number of aliphatic hydroxyl groups is 1. The minimum atomic E-state index is -0.437. The normalized spacial score (nSPS) is 15.8.